The standard InChI is InChI=1S/C15H11NO/c1-9-6-10-7-15-12(8-13(10)16-9)11-4-2-3-5-14(11)17-15/h2-5,7-8,16H,1,6H2. The average molecular weight is 221 g/mol. The lowest BCUT2D eigenvalue weighted by Gasteiger charge is -1.98. The van der Waals surface area contributed by atoms with Crippen molar-refractivity contribution >= 4 is 27.6 Å². The first-order valence-corrected chi connectivity index (χ1v) is 5.70. The van der Waals surface area contributed by atoms with Crippen LogP contribution >= 0.6 is 0 Å². The van der Waals surface area contributed by atoms with E-state index in [4.69, 9.17) is 4.42 Å². The first kappa shape index (κ1) is 8.88. The zero-order valence-electron chi connectivity index (χ0n) is 9.29. The third kappa shape index (κ3) is 1.15. The van der Waals surface area contributed by atoms with Gasteiger partial charge in [0.25, 0.3) is 0 Å². The number of para-hydroxylation sites is 1. The number of nitrogens with one attached hydrogen (secondary N) is 1. The number of fused-ring (bicyclic) bond motifs is 4. The molecule has 1 aliphatic heterocycles. The van der Waals surface area contributed by atoms with Crippen LogP contribution in [-0.2, 0) is 6.42 Å². The van der Waals surface area contributed by atoms with Crippen LogP contribution in [0.1, 0.15) is 5.56 Å². The molecule has 2 heteroatoms. The summed E-state index contributed by atoms with van der Waals surface area (Å²) < 4.78 is 5.86. The van der Waals surface area contributed by atoms with Crippen LogP contribution in [0, 0.1) is 0 Å². The van der Waals surface area contributed by atoms with Crippen molar-refractivity contribution in [1.29, 1.82) is 0 Å². The van der Waals surface area contributed by atoms with Crippen LogP contribution in [0.15, 0.2) is 53.1 Å². The highest BCUT2D eigenvalue weighted by Gasteiger charge is 2.16. The maximum atomic E-state index is 5.86. The SMILES string of the molecule is C=C1Cc2cc3oc4ccccc4c3cc2N1. The topological polar surface area (TPSA) is 25.2 Å². The molecule has 17 heavy (non-hydrogen) atoms. The summed E-state index contributed by atoms with van der Waals surface area (Å²) in [5.41, 5.74) is 5.39. The minimum atomic E-state index is 0.891. The molecular formula is C15H11NO. The number of anilines is 1. The Labute approximate surface area is 98.5 Å². The van der Waals surface area contributed by atoms with E-state index in [1.165, 1.54) is 16.3 Å². The highest BCUT2D eigenvalue weighted by atomic mass is 16.3. The van der Waals surface area contributed by atoms with E-state index in [1.54, 1.807) is 0 Å². The zero-order chi connectivity index (χ0) is 11.4. The third-order valence-corrected chi connectivity index (χ3v) is 3.32. The molecule has 0 amide bonds. The summed E-state index contributed by atoms with van der Waals surface area (Å²) in [5, 5.41) is 5.65. The predicted molar refractivity (Wildman–Crippen MR) is 70.2 cm³/mol. The fourth-order valence-corrected chi connectivity index (χ4v) is 2.54. The van der Waals surface area contributed by atoms with Crippen LogP contribution < -0.4 is 5.32 Å². The number of benzene rings is 2. The molecule has 1 aliphatic rings. The first-order chi connectivity index (χ1) is 8.31. The maximum absolute atomic E-state index is 5.86. The molecule has 0 bridgehead atoms. The molecule has 4 rings (SSSR count). The average Bonchev–Trinajstić information content (AvgIpc) is 2.84. The van der Waals surface area contributed by atoms with E-state index in [0.717, 1.165) is 29.0 Å². The minimum Gasteiger partial charge on any atom is -0.456 e. The maximum Gasteiger partial charge on any atom is 0.135 e. The van der Waals surface area contributed by atoms with Crippen molar-refractivity contribution in [2.75, 3.05) is 5.32 Å². The van der Waals surface area contributed by atoms with E-state index in [2.05, 4.69) is 30.1 Å². The van der Waals surface area contributed by atoms with Crippen LogP contribution in [0.3, 0.4) is 0 Å². The van der Waals surface area contributed by atoms with Crippen molar-refractivity contribution in [3.05, 3.63) is 54.2 Å². The third-order valence-electron chi connectivity index (χ3n) is 3.32. The molecule has 0 radical (unpaired) electrons. The monoisotopic (exact) mass is 221 g/mol. The summed E-state index contributed by atoms with van der Waals surface area (Å²) in [6.45, 7) is 3.96. The van der Waals surface area contributed by atoms with Crippen molar-refractivity contribution in [2.24, 2.45) is 0 Å². The summed E-state index contributed by atoms with van der Waals surface area (Å²) in [7, 11) is 0. The summed E-state index contributed by atoms with van der Waals surface area (Å²) in [5.74, 6) is 0. The molecule has 3 aromatic rings. The van der Waals surface area contributed by atoms with Crippen molar-refractivity contribution < 1.29 is 4.42 Å². The van der Waals surface area contributed by atoms with Gasteiger partial charge in [-0.1, -0.05) is 24.8 Å². The van der Waals surface area contributed by atoms with E-state index in [9.17, 15) is 0 Å². The summed E-state index contributed by atoms with van der Waals surface area (Å²) in [6, 6.07) is 12.4. The Morgan fingerprint density at radius 2 is 1.94 bits per heavy atom. The Morgan fingerprint density at radius 1 is 1.06 bits per heavy atom. The second kappa shape index (κ2) is 2.92. The van der Waals surface area contributed by atoms with Crippen LogP contribution in [-0.4, -0.2) is 0 Å². The van der Waals surface area contributed by atoms with Gasteiger partial charge in [-0.2, -0.15) is 0 Å². The molecule has 0 saturated heterocycles. The van der Waals surface area contributed by atoms with Gasteiger partial charge < -0.3 is 9.73 Å². The fourth-order valence-electron chi connectivity index (χ4n) is 2.54. The summed E-state index contributed by atoms with van der Waals surface area (Å²) in [4.78, 5) is 0. The smallest absolute Gasteiger partial charge is 0.135 e. The Balaban J connectivity index is 2.13. The normalized spacial score (nSPS) is 14.2. The summed E-state index contributed by atoms with van der Waals surface area (Å²) in [6.07, 6.45) is 0.891. The van der Waals surface area contributed by atoms with E-state index >= 15 is 0 Å². The van der Waals surface area contributed by atoms with E-state index in [0.29, 0.717) is 0 Å². The molecule has 0 fully saturated rings. The molecule has 0 saturated carbocycles. The van der Waals surface area contributed by atoms with Crippen LogP contribution in [0.5, 0.6) is 0 Å². The zero-order valence-corrected chi connectivity index (χ0v) is 9.29. The van der Waals surface area contributed by atoms with Crippen LogP contribution in [0.4, 0.5) is 5.69 Å². The Hall–Kier alpha value is -2.22. The van der Waals surface area contributed by atoms with Gasteiger partial charge in [0.1, 0.15) is 11.2 Å². The highest BCUT2D eigenvalue weighted by molar-refractivity contribution is 6.06. The van der Waals surface area contributed by atoms with Crippen LogP contribution in [0.25, 0.3) is 21.9 Å². The molecule has 2 nitrogen and oxygen atoms in total. The number of allylic oxidation sites excluding steroid dienone is 1. The molecule has 2 aromatic carbocycles. The molecule has 0 spiro atoms. The number of rotatable bonds is 0. The minimum absolute atomic E-state index is 0.891. The number of hydrogen-bond acceptors (Lipinski definition) is 2. The van der Waals surface area contributed by atoms with Gasteiger partial charge in [-0.25, -0.2) is 0 Å². The lowest BCUT2D eigenvalue weighted by atomic mass is 10.1. The van der Waals surface area contributed by atoms with Gasteiger partial charge in [-0.05, 0) is 23.8 Å². The van der Waals surface area contributed by atoms with Gasteiger partial charge >= 0.3 is 0 Å². The van der Waals surface area contributed by atoms with Gasteiger partial charge in [-0.15, -0.1) is 0 Å². The Kier molecular flexibility index (Phi) is 1.52. The quantitative estimate of drug-likeness (QED) is 0.619. The van der Waals surface area contributed by atoms with Gasteiger partial charge in [0.05, 0.1) is 0 Å². The first-order valence-electron chi connectivity index (χ1n) is 5.70. The van der Waals surface area contributed by atoms with E-state index < -0.39 is 0 Å². The molecule has 2 heterocycles. The molecule has 82 valence electrons. The lowest BCUT2D eigenvalue weighted by molar-refractivity contribution is 0.668. The molecule has 0 aliphatic carbocycles. The Morgan fingerprint density at radius 3 is 2.88 bits per heavy atom. The predicted octanol–water partition coefficient (Wildman–Crippen LogP) is 4.07. The van der Waals surface area contributed by atoms with Gasteiger partial charge in [0.15, 0.2) is 0 Å². The van der Waals surface area contributed by atoms with Gasteiger partial charge in [-0.3, -0.25) is 0 Å². The number of hydrogen-bond donors (Lipinski definition) is 1. The van der Waals surface area contributed by atoms with Crippen molar-refractivity contribution in [2.45, 2.75) is 6.42 Å². The van der Waals surface area contributed by atoms with E-state index in [-0.39, 0.29) is 0 Å². The second-order valence-corrected chi connectivity index (χ2v) is 4.51. The molecule has 0 atom stereocenters. The van der Waals surface area contributed by atoms with Crippen molar-refractivity contribution in [3.8, 4) is 0 Å². The number of furan rings is 1. The lowest BCUT2D eigenvalue weighted by Crippen LogP contribution is -1.87. The molecule has 1 N–H and O–H groups in total. The molecular weight excluding hydrogens is 210 g/mol. The van der Waals surface area contributed by atoms with Crippen molar-refractivity contribution in [3.63, 3.8) is 0 Å². The van der Waals surface area contributed by atoms with Gasteiger partial charge in [0, 0.05) is 28.6 Å². The van der Waals surface area contributed by atoms with E-state index in [1.807, 2.05) is 18.2 Å². The van der Waals surface area contributed by atoms with Crippen LogP contribution in [0.2, 0.25) is 0 Å². The summed E-state index contributed by atoms with van der Waals surface area (Å²) >= 11 is 0. The largest absolute Gasteiger partial charge is 0.456 e. The van der Waals surface area contributed by atoms with Gasteiger partial charge in [0.2, 0.25) is 0 Å². The highest BCUT2D eigenvalue weighted by Crippen LogP contribution is 2.36. The van der Waals surface area contributed by atoms with Crippen molar-refractivity contribution in [1.82, 2.24) is 0 Å². The molecule has 1 aromatic heterocycles. The Bertz CT molecular complexity index is 767. The fraction of sp³-hybridized carbons (Fsp3) is 0.0667. The second-order valence-electron chi connectivity index (χ2n) is 4.51. The molecule has 0 unspecified atom stereocenters.